The first-order valence-corrected chi connectivity index (χ1v) is 8.81. The maximum absolute atomic E-state index is 12.2. The monoisotopic (exact) mass is 326 g/mol. The van der Waals surface area contributed by atoms with Crippen molar-refractivity contribution >= 4 is 21.5 Å². The summed E-state index contributed by atoms with van der Waals surface area (Å²) in [6.07, 6.45) is 0.255. The Morgan fingerprint density at radius 3 is 2.82 bits per heavy atom. The van der Waals surface area contributed by atoms with Crippen molar-refractivity contribution in [2.45, 2.75) is 38.2 Å². The quantitative estimate of drug-likeness (QED) is 0.832. The Balaban J connectivity index is 2.13. The van der Waals surface area contributed by atoms with Crippen LogP contribution in [0.1, 0.15) is 27.2 Å². The number of carbonyl (C=O) groups excluding carboxylic acids is 1. The molecule has 2 N–H and O–H groups in total. The van der Waals surface area contributed by atoms with Crippen LogP contribution in [0.2, 0.25) is 0 Å². The van der Waals surface area contributed by atoms with Crippen LogP contribution in [0.25, 0.3) is 0 Å². The second kappa shape index (κ2) is 6.66. The third-order valence-corrected chi connectivity index (χ3v) is 5.00. The number of sulfonamides is 1. The van der Waals surface area contributed by atoms with E-state index in [0.29, 0.717) is 23.9 Å². The number of rotatable bonds is 6. The molecule has 1 unspecified atom stereocenters. The predicted octanol–water partition coefficient (Wildman–Crippen LogP) is 1.77. The molecule has 1 aliphatic heterocycles. The van der Waals surface area contributed by atoms with E-state index in [1.807, 2.05) is 0 Å². The van der Waals surface area contributed by atoms with Gasteiger partial charge in [0.2, 0.25) is 10.0 Å². The normalized spacial score (nSPS) is 17.5. The lowest BCUT2D eigenvalue weighted by Crippen LogP contribution is -2.35. The number of hydrogen-bond acceptors (Lipinski definition) is 5. The minimum Gasteiger partial charge on any atom is -0.486 e. The number of ketones is 1. The summed E-state index contributed by atoms with van der Waals surface area (Å²) >= 11 is 0. The highest BCUT2D eigenvalue weighted by atomic mass is 32.2. The van der Waals surface area contributed by atoms with Crippen molar-refractivity contribution in [3.05, 3.63) is 18.2 Å². The van der Waals surface area contributed by atoms with Crippen molar-refractivity contribution in [3.63, 3.8) is 0 Å². The Hall–Kier alpha value is -1.60. The Morgan fingerprint density at radius 2 is 2.18 bits per heavy atom. The molecule has 6 nitrogen and oxygen atoms in total. The summed E-state index contributed by atoms with van der Waals surface area (Å²) in [5.74, 6) is 0.980. The summed E-state index contributed by atoms with van der Waals surface area (Å²) < 4.78 is 32.6. The summed E-state index contributed by atoms with van der Waals surface area (Å²) in [5, 5.41) is 3.21. The summed E-state index contributed by atoms with van der Waals surface area (Å²) in [6, 6.07) is 4.73. The Labute approximate surface area is 131 Å². The van der Waals surface area contributed by atoms with Gasteiger partial charge in [-0.1, -0.05) is 13.8 Å². The van der Waals surface area contributed by atoms with Crippen molar-refractivity contribution < 1.29 is 17.9 Å². The summed E-state index contributed by atoms with van der Waals surface area (Å²) in [4.78, 5) is 11.0. The smallest absolute Gasteiger partial charge is 0.240 e. The van der Waals surface area contributed by atoms with E-state index in [2.05, 4.69) is 23.9 Å². The SMILES string of the molecule is CC(=O)CCNS(=O)(=O)c1ccc2c(c1)NCC(C(C)C)O2. The molecule has 0 spiro atoms. The van der Waals surface area contributed by atoms with Crippen molar-refractivity contribution in [1.82, 2.24) is 4.72 Å². The highest BCUT2D eigenvalue weighted by Gasteiger charge is 2.24. The molecule has 0 radical (unpaired) electrons. The number of nitrogens with one attached hydrogen (secondary N) is 2. The number of anilines is 1. The molecule has 0 aliphatic carbocycles. The van der Waals surface area contributed by atoms with Gasteiger partial charge in [0.25, 0.3) is 0 Å². The van der Waals surface area contributed by atoms with E-state index in [1.165, 1.54) is 13.0 Å². The van der Waals surface area contributed by atoms with Gasteiger partial charge in [-0.2, -0.15) is 0 Å². The van der Waals surface area contributed by atoms with Crippen molar-refractivity contribution in [3.8, 4) is 5.75 Å². The van der Waals surface area contributed by atoms with Crippen LogP contribution in [-0.4, -0.2) is 33.4 Å². The molecular formula is C15H22N2O4S. The van der Waals surface area contributed by atoms with Crippen LogP contribution in [0, 0.1) is 5.92 Å². The van der Waals surface area contributed by atoms with Gasteiger partial charge < -0.3 is 10.1 Å². The van der Waals surface area contributed by atoms with Crippen LogP contribution >= 0.6 is 0 Å². The molecule has 0 saturated heterocycles. The molecule has 1 aromatic carbocycles. The van der Waals surface area contributed by atoms with E-state index < -0.39 is 10.0 Å². The minimum absolute atomic E-state index is 0.0528. The lowest BCUT2D eigenvalue weighted by atomic mass is 10.1. The minimum atomic E-state index is -3.62. The largest absolute Gasteiger partial charge is 0.486 e. The number of Topliss-reactive ketones (excluding diaryl/α,β-unsaturated/α-hetero) is 1. The van der Waals surface area contributed by atoms with Gasteiger partial charge in [0.05, 0.1) is 17.1 Å². The molecule has 0 amide bonds. The zero-order valence-corrected chi connectivity index (χ0v) is 13.9. The third-order valence-electron chi connectivity index (χ3n) is 3.55. The first-order valence-electron chi connectivity index (χ1n) is 7.33. The lowest BCUT2D eigenvalue weighted by Gasteiger charge is -2.30. The van der Waals surface area contributed by atoms with E-state index >= 15 is 0 Å². The number of carbonyl (C=O) groups is 1. The molecule has 2 rings (SSSR count). The van der Waals surface area contributed by atoms with Crippen LogP contribution in [0.5, 0.6) is 5.75 Å². The fourth-order valence-corrected chi connectivity index (χ4v) is 3.21. The lowest BCUT2D eigenvalue weighted by molar-refractivity contribution is -0.116. The van der Waals surface area contributed by atoms with Gasteiger partial charge in [0, 0.05) is 13.0 Å². The van der Waals surface area contributed by atoms with E-state index in [9.17, 15) is 13.2 Å². The molecule has 7 heteroatoms. The topological polar surface area (TPSA) is 84.5 Å². The molecule has 0 aromatic heterocycles. The van der Waals surface area contributed by atoms with Crippen LogP contribution in [0.4, 0.5) is 5.69 Å². The molecule has 1 aliphatic rings. The maximum Gasteiger partial charge on any atom is 0.240 e. The average molecular weight is 326 g/mol. The highest BCUT2D eigenvalue weighted by molar-refractivity contribution is 7.89. The molecular weight excluding hydrogens is 304 g/mol. The van der Waals surface area contributed by atoms with Gasteiger partial charge >= 0.3 is 0 Å². The Morgan fingerprint density at radius 1 is 1.45 bits per heavy atom. The molecule has 0 bridgehead atoms. The molecule has 1 atom stereocenters. The molecule has 0 fully saturated rings. The van der Waals surface area contributed by atoms with Gasteiger partial charge in [0.15, 0.2) is 0 Å². The summed E-state index contributed by atoms with van der Waals surface area (Å²) in [5.41, 5.74) is 0.673. The van der Waals surface area contributed by atoms with Gasteiger partial charge in [-0.05, 0) is 31.0 Å². The van der Waals surface area contributed by atoms with Gasteiger partial charge in [-0.3, -0.25) is 4.79 Å². The Kier molecular flexibility index (Phi) is 5.08. The van der Waals surface area contributed by atoms with Crippen molar-refractivity contribution in [2.75, 3.05) is 18.4 Å². The fourth-order valence-electron chi connectivity index (χ4n) is 2.15. The van der Waals surface area contributed by atoms with Crippen LogP contribution in [0.3, 0.4) is 0 Å². The van der Waals surface area contributed by atoms with Crippen molar-refractivity contribution in [1.29, 1.82) is 0 Å². The zero-order chi connectivity index (χ0) is 16.3. The maximum atomic E-state index is 12.2. The zero-order valence-electron chi connectivity index (χ0n) is 13.0. The summed E-state index contributed by atoms with van der Waals surface area (Å²) in [7, 11) is -3.62. The standard InChI is InChI=1S/C15H22N2O4S/c1-10(2)15-9-16-13-8-12(4-5-14(13)21-15)22(19,20)17-7-6-11(3)18/h4-5,8,10,15-17H,6-7,9H2,1-3H3. The summed E-state index contributed by atoms with van der Waals surface area (Å²) in [6.45, 7) is 6.34. The molecule has 122 valence electrons. The predicted molar refractivity (Wildman–Crippen MR) is 84.7 cm³/mol. The third kappa shape index (κ3) is 3.98. The second-order valence-corrected chi connectivity index (χ2v) is 7.56. The van der Waals surface area contributed by atoms with Gasteiger partial charge in [-0.25, -0.2) is 13.1 Å². The Bertz CT molecular complexity index is 656. The molecule has 1 aromatic rings. The van der Waals surface area contributed by atoms with E-state index in [4.69, 9.17) is 4.74 Å². The number of ether oxygens (including phenoxy) is 1. The fraction of sp³-hybridized carbons (Fsp3) is 0.533. The number of fused-ring (bicyclic) bond motifs is 1. The first-order chi connectivity index (χ1) is 10.3. The molecule has 22 heavy (non-hydrogen) atoms. The molecule has 0 saturated carbocycles. The van der Waals surface area contributed by atoms with Gasteiger partial charge in [0.1, 0.15) is 17.6 Å². The number of benzene rings is 1. The highest BCUT2D eigenvalue weighted by Crippen LogP contribution is 2.32. The first kappa shape index (κ1) is 16.8. The van der Waals surface area contributed by atoms with Gasteiger partial charge in [-0.15, -0.1) is 0 Å². The van der Waals surface area contributed by atoms with Crippen LogP contribution < -0.4 is 14.8 Å². The second-order valence-electron chi connectivity index (χ2n) is 5.79. The van der Waals surface area contributed by atoms with E-state index in [1.54, 1.807) is 12.1 Å². The van der Waals surface area contributed by atoms with E-state index in [-0.39, 0.29) is 29.7 Å². The van der Waals surface area contributed by atoms with Crippen molar-refractivity contribution in [2.24, 2.45) is 5.92 Å². The van der Waals surface area contributed by atoms with E-state index in [0.717, 1.165) is 0 Å². The van der Waals surface area contributed by atoms with Crippen LogP contribution in [0.15, 0.2) is 23.1 Å². The molecule has 1 heterocycles. The van der Waals surface area contributed by atoms with Crippen LogP contribution in [-0.2, 0) is 14.8 Å². The number of hydrogen-bond donors (Lipinski definition) is 2. The average Bonchev–Trinajstić information content (AvgIpc) is 2.45.